The fourth-order valence-corrected chi connectivity index (χ4v) is 3.29. The second-order valence-electron chi connectivity index (χ2n) is 7.22. The predicted octanol–water partition coefficient (Wildman–Crippen LogP) is 3.97. The van der Waals surface area contributed by atoms with Crippen molar-refractivity contribution >= 4 is 34.5 Å². The van der Waals surface area contributed by atoms with Crippen LogP contribution in [0.5, 0.6) is 11.8 Å². The van der Waals surface area contributed by atoms with Crippen LogP contribution in [0.4, 0.5) is 21.6 Å². The Labute approximate surface area is 182 Å². The molecule has 2 N–H and O–H groups in total. The van der Waals surface area contributed by atoms with Crippen molar-refractivity contribution in [2.45, 2.75) is 19.1 Å². The van der Waals surface area contributed by atoms with Gasteiger partial charge in [0.05, 0.1) is 6.54 Å². The Balaban J connectivity index is 1.28. The van der Waals surface area contributed by atoms with Crippen LogP contribution in [0.2, 0.25) is 0 Å². The van der Waals surface area contributed by atoms with Gasteiger partial charge in [-0.3, -0.25) is 4.57 Å². The zero-order chi connectivity index (χ0) is 22.0. The van der Waals surface area contributed by atoms with E-state index in [9.17, 15) is 14.5 Å². The number of halogens is 1. The lowest BCUT2D eigenvalue weighted by Crippen LogP contribution is -2.38. The normalized spacial score (nSPS) is 16.8. The molecule has 4 rings (SSSR count). The molecule has 1 aromatic heterocycles. The number of hydrogen-bond acceptors (Lipinski definition) is 6. The van der Waals surface area contributed by atoms with Crippen LogP contribution >= 0.6 is 12.2 Å². The molecular formula is C20H18FN5O4S. The second-order valence-corrected chi connectivity index (χ2v) is 7.63. The molecular weight excluding hydrogens is 425 g/mol. The summed E-state index contributed by atoms with van der Waals surface area (Å²) in [6, 6.07) is 13.3. The smallest absolute Gasteiger partial charge is 0.415 e. The van der Waals surface area contributed by atoms with Crippen molar-refractivity contribution in [3.05, 3.63) is 70.7 Å². The van der Waals surface area contributed by atoms with Gasteiger partial charge in [0.25, 0.3) is 0 Å². The summed E-state index contributed by atoms with van der Waals surface area (Å²) in [7, 11) is 0. The third kappa shape index (κ3) is 4.89. The van der Waals surface area contributed by atoms with Crippen LogP contribution in [0.1, 0.15) is 6.92 Å². The molecule has 2 heterocycles. The zero-order valence-corrected chi connectivity index (χ0v) is 17.2. The number of nitrogens with zero attached hydrogens (tertiary/aromatic N) is 3. The van der Waals surface area contributed by atoms with E-state index in [1.165, 1.54) is 18.3 Å². The molecule has 0 saturated carbocycles. The van der Waals surface area contributed by atoms with Crippen molar-refractivity contribution in [2.75, 3.05) is 17.2 Å². The first kappa shape index (κ1) is 20.5. The van der Waals surface area contributed by atoms with Gasteiger partial charge in [0.15, 0.2) is 10.7 Å². The standard InChI is InChI=1S/C20H18FN5O4S/c1-20(11-25-10-17(26(27)28)24-19(25)30-20)12-29-16-8-6-15(7-9-16)23-18(31)22-14-4-2-13(21)3-5-14/h2-10H,11-12H2,1H3,(H2,22,23,31)/t20-/m1/s1. The molecule has 0 amide bonds. The van der Waals surface area contributed by atoms with Gasteiger partial charge in [-0.05, 0) is 72.6 Å². The second kappa shape index (κ2) is 8.19. The average molecular weight is 443 g/mol. The third-order valence-corrected chi connectivity index (χ3v) is 4.72. The van der Waals surface area contributed by atoms with Crippen molar-refractivity contribution in [2.24, 2.45) is 0 Å². The van der Waals surface area contributed by atoms with Gasteiger partial charge in [-0.15, -0.1) is 0 Å². The van der Waals surface area contributed by atoms with E-state index >= 15 is 0 Å². The Morgan fingerprint density at radius 3 is 2.45 bits per heavy atom. The van der Waals surface area contributed by atoms with E-state index in [1.54, 1.807) is 41.0 Å². The Hall–Kier alpha value is -3.73. The Morgan fingerprint density at radius 2 is 1.87 bits per heavy atom. The highest BCUT2D eigenvalue weighted by Crippen LogP contribution is 2.31. The average Bonchev–Trinajstić information content (AvgIpc) is 3.25. The van der Waals surface area contributed by atoms with Gasteiger partial charge in [0.2, 0.25) is 0 Å². The first-order chi connectivity index (χ1) is 14.8. The number of thiocarbonyl (C=S) groups is 1. The maximum atomic E-state index is 13.0. The molecule has 9 nitrogen and oxygen atoms in total. The van der Waals surface area contributed by atoms with Gasteiger partial charge < -0.3 is 30.2 Å². The molecule has 2 aromatic carbocycles. The summed E-state index contributed by atoms with van der Waals surface area (Å²) in [5.74, 6) is 0.0687. The molecule has 0 bridgehead atoms. The van der Waals surface area contributed by atoms with E-state index in [4.69, 9.17) is 21.7 Å². The van der Waals surface area contributed by atoms with Crippen molar-refractivity contribution in [1.82, 2.24) is 9.55 Å². The number of imidazole rings is 1. The minimum absolute atomic E-state index is 0.208. The van der Waals surface area contributed by atoms with E-state index in [-0.39, 0.29) is 24.3 Å². The van der Waals surface area contributed by atoms with Crippen LogP contribution in [0.25, 0.3) is 0 Å². The van der Waals surface area contributed by atoms with Crippen LogP contribution in [0.15, 0.2) is 54.7 Å². The highest BCUT2D eigenvalue weighted by molar-refractivity contribution is 7.80. The highest BCUT2D eigenvalue weighted by atomic mass is 32.1. The first-order valence-corrected chi connectivity index (χ1v) is 9.67. The molecule has 1 atom stereocenters. The van der Waals surface area contributed by atoms with Crippen LogP contribution < -0.4 is 20.1 Å². The highest BCUT2D eigenvalue weighted by Gasteiger charge is 2.41. The summed E-state index contributed by atoms with van der Waals surface area (Å²) in [5, 5.41) is 17.2. The van der Waals surface area contributed by atoms with E-state index in [1.807, 2.05) is 6.92 Å². The predicted molar refractivity (Wildman–Crippen MR) is 116 cm³/mol. The monoisotopic (exact) mass is 443 g/mol. The molecule has 0 saturated heterocycles. The largest absolute Gasteiger partial charge is 0.489 e. The van der Waals surface area contributed by atoms with Gasteiger partial charge in [0.1, 0.15) is 24.4 Å². The summed E-state index contributed by atoms with van der Waals surface area (Å²) in [5.41, 5.74) is 0.742. The van der Waals surface area contributed by atoms with Gasteiger partial charge in [-0.1, -0.05) is 0 Å². The Kier molecular flexibility index (Phi) is 5.42. The summed E-state index contributed by atoms with van der Waals surface area (Å²) >= 11 is 5.26. The van der Waals surface area contributed by atoms with Crippen LogP contribution in [0, 0.1) is 15.9 Å². The molecule has 3 aromatic rings. The number of hydrogen-bond donors (Lipinski definition) is 2. The van der Waals surface area contributed by atoms with Crippen molar-refractivity contribution < 1.29 is 18.8 Å². The topological polar surface area (TPSA) is 103 Å². The molecule has 0 unspecified atom stereocenters. The SMILES string of the molecule is C[C@]1(COc2ccc(NC(=S)Nc3ccc(F)cc3)cc2)Cn2cc([N+](=O)[O-])nc2O1. The first-order valence-electron chi connectivity index (χ1n) is 9.27. The quantitative estimate of drug-likeness (QED) is 0.335. The number of benzene rings is 2. The molecule has 0 radical (unpaired) electrons. The third-order valence-electron chi connectivity index (χ3n) is 4.52. The summed E-state index contributed by atoms with van der Waals surface area (Å²) in [6.07, 6.45) is 1.35. The van der Waals surface area contributed by atoms with Crippen LogP contribution in [-0.4, -0.2) is 31.8 Å². The zero-order valence-electron chi connectivity index (χ0n) is 16.4. The number of ether oxygens (including phenoxy) is 2. The van der Waals surface area contributed by atoms with Crippen LogP contribution in [-0.2, 0) is 6.54 Å². The molecule has 0 fully saturated rings. The van der Waals surface area contributed by atoms with E-state index in [0.29, 0.717) is 23.1 Å². The molecule has 1 aliphatic rings. The fourth-order valence-electron chi connectivity index (χ4n) is 3.05. The Bertz CT molecular complexity index is 1090. The number of fused-ring (bicyclic) bond motifs is 1. The Morgan fingerprint density at radius 1 is 1.26 bits per heavy atom. The lowest BCUT2D eigenvalue weighted by Gasteiger charge is -2.22. The molecule has 11 heteroatoms. The fraction of sp³-hybridized carbons (Fsp3) is 0.200. The molecule has 160 valence electrons. The van der Waals surface area contributed by atoms with Gasteiger partial charge in [-0.2, -0.15) is 0 Å². The number of rotatable bonds is 6. The number of aromatic nitrogens is 2. The van der Waals surface area contributed by atoms with E-state index < -0.39 is 10.5 Å². The number of anilines is 2. The maximum Gasteiger partial charge on any atom is 0.415 e. The lowest BCUT2D eigenvalue weighted by molar-refractivity contribution is -0.389. The summed E-state index contributed by atoms with van der Waals surface area (Å²) in [4.78, 5) is 14.1. The molecule has 0 spiro atoms. The molecule has 31 heavy (non-hydrogen) atoms. The summed E-state index contributed by atoms with van der Waals surface area (Å²) in [6.45, 7) is 2.48. The van der Waals surface area contributed by atoms with E-state index in [2.05, 4.69) is 15.6 Å². The van der Waals surface area contributed by atoms with Crippen molar-refractivity contribution in [3.63, 3.8) is 0 Å². The minimum Gasteiger partial charge on any atom is -0.489 e. The number of nitrogens with one attached hydrogen (secondary N) is 2. The summed E-state index contributed by atoms with van der Waals surface area (Å²) < 4.78 is 26.1. The maximum absolute atomic E-state index is 13.0. The lowest BCUT2D eigenvalue weighted by atomic mass is 10.1. The molecule has 0 aliphatic carbocycles. The van der Waals surface area contributed by atoms with Crippen molar-refractivity contribution in [3.8, 4) is 11.8 Å². The van der Waals surface area contributed by atoms with Gasteiger partial charge in [0, 0.05) is 16.4 Å². The van der Waals surface area contributed by atoms with Crippen LogP contribution in [0.3, 0.4) is 0 Å². The minimum atomic E-state index is -0.685. The number of nitro groups is 1. The van der Waals surface area contributed by atoms with E-state index in [0.717, 1.165) is 5.69 Å². The van der Waals surface area contributed by atoms with Crippen molar-refractivity contribution in [1.29, 1.82) is 0 Å². The van der Waals surface area contributed by atoms with Gasteiger partial charge in [-0.25, -0.2) is 4.39 Å². The van der Waals surface area contributed by atoms with Gasteiger partial charge >= 0.3 is 11.8 Å². The molecule has 1 aliphatic heterocycles.